The number of aromatic nitrogens is 2. The van der Waals surface area contributed by atoms with E-state index in [1.54, 1.807) is 12.1 Å². The Morgan fingerprint density at radius 1 is 1.14 bits per heavy atom. The molecule has 2 aromatic rings. The third kappa shape index (κ3) is 4.59. The number of nitrogens with zero attached hydrogens (tertiary/aromatic N) is 3. The van der Waals surface area contributed by atoms with Crippen LogP contribution in [0.15, 0.2) is 23.2 Å². The lowest BCUT2D eigenvalue weighted by molar-refractivity contribution is 0.0527. The van der Waals surface area contributed by atoms with Gasteiger partial charge in [0, 0.05) is 35.5 Å². The third-order valence-electron chi connectivity index (χ3n) is 5.37. The minimum Gasteiger partial charge on any atom is -0.369 e. The van der Waals surface area contributed by atoms with Gasteiger partial charge in [-0.2, -0.15) is 0 Å². The van der Waals surface area contributed by atoms with Gasteiger partial charge in [-0.1, -0.05) is 24.4 Å². The van der Waals surface area contributed by atoms with Gasteiger partial charge in [-0.25, -0.2) is 15.4 Å². The lowest BCUT2D eigenvalue weighted by Gasteiger charge is -2.34. The number of aliphatic imine (C=N–C) groups is 1. The zero-order valence-electron chi connectivity index (χ0n) is 16.4. The lowest BCUT2D eigenvalue weighted by atomic mass is 9.90. The lowest BCUT2D eigenvalue weighted by Crippen LogP contribution is -2.48. The molecule has 29 heavy (non-hydrogen) atoms. The molecule has 8 nitrogen and oxygen atoms in total. The molecule has 9 heteroatoms. The predicted octanol–water partition coefficient (Wildman–Crippen LogP) is 3.08. The number of halogens is 1. The average molecular weight is 417 g/mol. The van der Waals surface area contributed by atoms with E-state index in [1.807, 2.05) is 6.07 Å². The van der Waals surface area contributed by atoms with Gasteiger partial charge in [0.15, 0.2) is 0 Å². The Morgan fingerprint density at radius 2 is 1.93 bits per heavy atom. The number of nitrogens with one attached hydrogen (secondary N) is 3. The van der Waals surface area contributed by atoms with Gasteiger partial charge in [-0.05, 0) is 37.5 Å². The van der Waals surface area contributed by atoms with Crippen LogP contribution in [-0.2, 0) is 4.84 Å². The van der Waals surface area contributed by atoms with Crippen LogP contribution < -0.4 is 16.1 Å². The quantitative estimate of drug-likeness (QED) is 0.647. The van der Waals surface area contributed by atoms with Crippen LogP contribution in [0.5, 0.6) is 0 Å². The van der Waals surface area contributed by atoms with Crippen LogP contribution >= 0.6 is 11.6 Å². The minimum atomic E-state index is -0.494. The molecule has 1 fully saturated rings. The number of amidine groups is 1. The summed E-state index contributed by atoms with van der Waals surface area (Å²) in [4.78, 5) is 30.4. The molecule has 2 atom stereocenters. The van der Waals surface area contributed by atoms with Crippen molar-refractivity contribution in [2.75, 3.05) is 19.0 Å². The predicted molar refractivity (Wildman–Crippen MR) is 113 cm³/mol. The first kappa shape index (κ1) is 19.8. The maximum Gasteiger partial charge on any atom is 0.312 e. The Bertz CT molecular complexity index is 935. The molecule has 3 N–H and O–H groups in total. The van der Waals surface area contributed by atoms with E-state index in [9.17, 15) is 4.79 Å². The summed E-state index contributed by atoms with van der Waals surface area (Å²) in [6, 6.07) is 5.80. The van der Waals surface area contributed by atoms with E-state index in [1.165, 1.54) is 13.5 Å². The Hall–Kier alpha value is -2.45. The molecule has 1 saturated carbocycles. The number of rotatable bonds is 5. The van der Waals surface area contributed by atoms with Crippen LogP contribution in [0.3, 0.4) is 0 Å². The van der Waals surface area contributed by atoms with Gasteiger partial charge in [-0.3, -0.25) is 14.6 Å². The molecule has 0 radical (unpaired) electrons. The highest BCUT2D eigenvalue weighted by Crippen LogP contribution is 2.28. The van der Waals surface area contributed by atoms with Crippen molar-refractivity contribution in [3.8, 4) is 0 Å². The molecule has 1 amide bonds. The molecular weight excluding hydrogens is 392 g/mol. The zero-order chi connectivity index (χ0) is 20.2. The normalized spacial score (nSPS) is 21.7. The van der Waals surface area contributed by atoms with Crippen molar-refractivity contribution in [3.63, 3.8) is 0 Å². The zero-order valence-corrected chi connectivity index (χ0v) is 17.1. The van der Waals surface area contributed by atoms with Crippen molar-refractivity contribution in [2.45, 2.75) is 50.6 Å². The maximum atomic E-state index is 12.3. The highest BCUT2D eigenvalue weighted by Gasteiger charge is 2.28. The van der Waals surface area contributed by atoms with Gasteiger partial charge in [-0.15, -0.1) is 0 Å². The van der Waals surface area contributed by atoms with E-state index in [2.05, 4.69) is 31.1 Å². The number of carbonyl (C=O) groups is 1. The van der Waals surface area contributed by atoms with E-state index in [0.29, 0.717) is 16.4 Å². The molecule has 0 saturated heterocycles. The first-order chi connectivity index (χ1) is 14.1. The number of hydroxylamine groups is 1. The Labute approximate surface area is 174 Å². The number of hydrogen-bond donors (Lipinski definition) is 3. The van der Waals surface area contributed by atoms with Gasteiger partial charge in [0.2, 0.25) is 5.82 Å². The van der Waals surface area contributed by atoms with Gasteiger partial charge in [0.05, 0.1) is 18.5 Å². The fourth-order valence-corrected chi connectivity index (χ4v) is 4.15. The summed E-state index contributed by atoms with van der Waals surface area (Å²) in [6.07, 6.45) is 6.52. The van der Waals surface area contributed by atoms with Crippen LogP contribution in [0, 0.1) is 0 Å². The van der Waals surface area contributed by atoms with E-state index in [-0.39, 0.29) is 17.9 Å². The number of carbonyl (C=O) groups excluding carboxylic acids is 1. The molecule has 2 heterocycles. The number of fused-ring (bicyclic) bond motifs is 1. The van der Waals surface area contributed by atoms with Gasteiger partial charge in [0.25, 0.3) is 0 Å². The summed E-state index contributed by atoms with van der Waals surface area (Å²) in [5.74, 6) is 1.25. The summed E-state index contributed by atoms with van der Waals surface area (Å²) in [5.41, 5.74) is 2.93. The van der Waals surface area contributed by atoms with Gasteiger partial charge in [0.1, 0.15) is 5.82 Å². The summed E-state index contributed by atoms with van der Waals surface area (Å²) in [6.45, 7) is 0.903. The minimum absolute atomic E-state index is 0.0460. The van der Waals surface area contributed by atoms with E-state index in [0.717, 1.165) is 49.9 Å². The van der Waals surface area contributed by atoms with Crippen LogP contribution in [0.2, 0.25) is 5.02 Å². The molecular formula is C20H25ClN6O2. The summed E-state index contributed by atoms with van der Waals surface area (Å²) in [5, 5.41) is 8.57. The maximum absolute atomic E-state index is 12.3. The summed E-state index contributed by atoms with van der Waals surface area (Å²) >= 11 is 6.22. The standard InChI is InChI=1S/C20H25ClN6O2/c1-29-27-20(28)19-24-14-9-8-12(21)11-13(14)18(26-19)25-16-6-3-2-5-15(16)23-17-7-4-10-22-17/h8-9,11,15-16H,2-7,10H2,1H3,(H,22,23)(H,27,28)(H,24,25,26)/t15-,16+/m1/s1. The summed E-state index contributed by atoms with van der Waals surface area (Å²) in [7, 11) is 1.38. The van der Waals surface area contributed by atoms with Gasteiger partial charge >= 0.3 is 5.91 Å². The van der Waals surface area contributed by atoms with Crippen molar-refractivity contribution in [1.29, 1.82) is 0 Å². The average Bonchev–Trinajstić information content (AvgIpc) is 3.23. The monoisotopic (exact) mass is 416 g/mol. The Morgan fingerprint density at radius 3 is 2.66 bits per heavy atom. The highest BCUT2D eigenvalue weighted by molar-refractivity contribution is 6.31. The van der Waals surface area contributed by atoms with E-state index in [4.69, 9.17) is 16.4 Å². The largest absolute Gasteiger partial charge is 0.369 e. The van der Waals surface area contributed by atoms with Crippen molar-refractivity contribution in [3.05, 3.63) is 29.0 Å². The highest BCUT2D eigenvalue weighted by atomic mass is 35.5. The Balaban J connectivity index is 1.65. The molecule has 1 aromatic heterocycles. The summed E-state index contributed by atoms with van der Waals surface area (Å²) < 4.78 is 0. The SMILES string of the molecule is CONC(=O)c1nc(N[C@H]2CCCC[C@H]2NC2=NCCC2)c2cc(Cl)ccc2n1. The second-order valence-electron chi connectivity index (χ2n) is 7.41. The first-order valence-corrected chi connectivity index (χ1v) is 10.4. The van der Waals surface area contributed by atoms with Crippen LogP contribution in [0.1, 0.15) is 49.1 Å². The molecule has 2 aliphatic rings. The first-order valence-electron chi connectivity index (χ1n) is 10.0. The molecule has 1 aliphatic heterocycles. The molecule has 0 spiro atoms. The second-order valence-corrected chi connectivity index (χ2v) is 7.85. The number of hydrogen-bond acceptors (Lipinski definition) is 7. The van der Waals surface area contributed by atoms with Crippen molar-refractivity contribution in [2.24, 2.45) is 4.99 Å². The van der Waals surface area contributed by atoms with Gasteiger partial charge < -0.3 is 10.6 Å². The molecule has 4 rings (SSSR count). The molecule has 0 bridgehead atoms. The van der Waals surface area contributed by atoms with Crippen LogP contribution in [-0.4, -0.2) is 47.4 Å². The molecule has 0 unspecified atom stereocenters. The molecule has 154 valence electrons. The van der Waals surface area contributed by atoms with Crippen molar-refractivity contribution < 1.29 is 9.63 Å². The number of benzene rings is 1. The van der Waals surface area contributed by atoms with Crippen molar-refractivity contribution >= 4 is 40.1 Å². The van der Waals surface area contributed by atoms with Crippen molar-refractivity contribution in [1.82, 2.24) is 20.8 Å². The topological polar surface area (TPSA) is 101 Å². The Kier molecular flexibility index (Phi) is 6.10. The second kappa shape index (κ2) is 8.92. The fourth-order valence-electron chi connectivity index (χ4n) is 3.97. The fraction of sp³-hybridized carbons (Fsp3) is 0.500. The van der Waals surface area contributed by atoms with E-state index < -0.39 is 5.91 Å². The number of anilines is 1. The van der Waals surface area contributed by atoms with Crippen LogP contribution in [0.25, 0.3) is 10.9 Å². The van der Waals surface area contributed by atoms with Crippen LogP contribution in [0.4, 0.5) is 5.82 Å². The smallest absolute Gasteiger partial charge is 0.312 e. The molecule has 1 aliphatic carbocycles. The van der Waals surface area contributed by atoms with E-state index >= 15 is 0 Å². The third-order valence-corrected chi connectivity index (χ3v) is 5.61. The number of amides is 1. The molecule has 1 aromatic carbocycles.